The molecule has 152 valence electrons. The molecule has 0 radical (unpaired) electrons. The lowest BCUT2D eigenvalue weighted by Crippen LogP contribution is -2.36. The largest absolute Gasteiger partial charge is 0.336 e. The lowest BCUT2D eigenvalue weighted by molar-refractivity contribution is -0.132. The van der Waals surface area contributed by atoms with E-state index >= 15 is 0 Å². The van der Waals surface area contributed by atoms with Crippen molar-refractivity contribution in [2.24, 2.45) is 0 Å². The van der Waals surface area contributed by atoms with Crippen LogP contribution in [0.15, 0.2) is 18.2 Å². The Morgan fingerprint density at radius 3 is 2.75 bits per heavy atom. The first-order valence-electron chi connectivity index (χ1n) is 10.6. The van der Waals surface area contributed by atoms with Crippen molar-refractivity contribution in [3.63, 3.8) is 0 Å². The van der Waals surface area contributed by atoms with Crippen molar-refractivity contribution in [3.05, 3.63) is 34.9 Å². The molecule has 6 heteroatoms. The second kappa shape index (κ2) is 8.36. The second-order valence-electron chi connectivity index (χ2n) is 8.53. The number of nitrogens with one attached hydrogen (secondary N) is 2. The molecule has 4 atom stereocenters. The summed E-state index contributed by atoms with van der Waals surface area (Å²) in [6.45, 7) is 5.15. The minimum Gasteiger partial charge on any atom is -0.336 e. The first-order valence-corrected chi connectivity index (χ1v) is 11.6. The van der Waals surface area contributed by atoms with Crippen LogP contribution in [0.1, 0.15) is 61.3 Å². The number of rotatable bonds is 6. The summed E-state index contributed by atoms with van der Waals surface area (Å²) >= 11 is 1.95. The number of hydrogen-bond donors (Lipinski definition) is 2. The first kappa shape index (κ1) is 19.6. The highest BCUT2D eigenvalue weighted by molar-refractivity contribution is 8.00. The molecule has 0 aromatic heterocycles. The van der Waals surface area contributed by atoms with Crippen LogP contribution in [0.2, 0.25) is 0 Å². The summed E-state index contributed by atoms with van der Waals surface area (Å²) in [5.41, 5.74) is 3.84. The average molecular weight is 402 g/mol. The maximum Gasteiger partial charge on any atom is 0.315 e. The number of thioether (sulfide) groups is 1. The number of aryl methyl sites for hydroxylation is 2. The molecule has 28 heavy (non-hydrogen) atoms. The van der Waals surface area contributed by atoms with Crippen LogP contribution in [-0.2, 0) is 4.79 Å². The van der Waals surface area contributed by atoms with Gasteiger partial charge in [-0.3, -0.25) is 4.79 Å². The number of benzene rings is 1. The molecule has 3 fully saturated rings. The Morgan fingerprint density at radius 1 is 1.18 bits per heavy atom. The fourth-order valence-corrected chi connectivity index (χ4v) is 6.57. The van der Waals surface area contributed by atoms with Crippen molar-refractivity contribution in [3.8, 4) is 0 Å². The van der Waals surface area contributed by atoms with Gasteiger partial charge in [0.25, 0.3) is 0 Å². The van der Waals surface area contributed by atoms with Gasteiger partial charge in [0.05, 0.1) is 18.1 Å². The number of amides is 3. The molecule has 3 aliphatic heterocycles. The van der Waals surface area contributed by atoms with Crippen LogP contribution in [0.3, 0.4) is 0 Å². The summed E-state index contributed by atoms with van der Waals surface area (Å²) in [7, 11) is 0. The minimum atomic E-state index is -0.0260. The second-order valence-corrected chi connectivity index (χ2v) is 9.81. The lowest BCUT2D eigenvalue weighted by Gasteiger charge is -2.26. The zero-order valence-corrected chi connectivity index (χ0v) is 17.7. The number of urea groups is 1. The monoisotopic (exact) mass is 401 g/mol. The molecule has 1 aromatic rings. The van der Waals surface area contributed by atoms with Gasteiger partial charge in [-0.05, 0) is 45.1 Å². The van der Waals surface area contributed by atoms with Gasteiger partial charge in [0.2, 0.25) is 5.91 Å². The van der Waals surface area contributed by atoms with Crippen LogP contribution in [0.4, 0.5) is 4.79 Å². The molecular weight excluding hydrogens is 370 g/mol. The third-order valence-electron chi connectivity index (χ3n) is 6.27. The maximum atomic E-state index is 12.9. The molecule has 0 saturated carbocycles. The normalized spacial score (nSPS) is 28.9. The van der Waals surface area contributed by atoms with Gasteiger partial charge >= 0.3 is 6.03 Å². The van der Waals surface area contributed by atoms with Gasteiger partial charge in [-0.25, -0.2) is 4.79 Å². The predicted molar refractivity (Wildman–Crippen MR) is 114 cm³/mol. The molecule has 0 bridgehead atoms. The quantitative estimate of drug-likeness (QED) is 0.564. The summed E-state index contributed by atoms with van der Waals surface area (Å²) in [5, 5.41) is 6.52. The van der Waals surface area contributed by atoms with Crippen molar-refractivity contribution < 1.29 is 9.59 Å². The SMILES string of the molecule is Cc1cc(C)cc(C2CCCN2C(=O)CCCC[C@@H]2SC[C@@H]3NC(=O)N[C@@H]32)c1. The molecule has 1 aromatic carbocycles. The Balaban J connectivity index is 1.26. The van der Waals surface area contributed by atoms with E-state index in [1.807, 2.05) is 11.8 Å². The lowest BCUT2D eigenvalue weighted by atomic mass is 9.99. The maximum absolute atomic E-state index is 12.9. The fraction of sp³-hybridized carbons (Fsp3) is 0.636. The topological polar surface area (TPSA) is 61.4 Å². The number of hydrogen-bond acceptors (Lipinski definition) is 3. The van der Waals surface area contributed by atoms with Gasteiger partial charge in [0.15, 0.2) is 0 Å². The third-order valence-corrected chi connectivity index (χ3v) is 7.78. The Bertz CT molecular complexity index is 733. The zero-order valence-electron chi connectivity index (χ0n) is 16.9. The smallest absolute Gasteiger partial charge is 0.315 e. The van der Waals surface area contributed by atoms with Gasteiger partial charge in [0.1, 0.15) is 0 Å². The van der Waals surface area contributed by atoms with Gasteiger partial charge in [0, 0.05) is 24.0 Å². The highest BCUT2D eigenvalue weighted by Gasteiger charge is 2.42. The van der Waals surface area contributed by atoms with E-state index < -0.39 is 0 Å². The van der Waals surface area contributed by atoms with E-state index in [2.05, 4.69) is 47.6 Å². The summed E-state index contributed by atoms with van der Waals surface area (Å²) in [4.78, 5) is 26.5. The molecule has 1 unspecified atom stereocenters. The van der Waals surface area contributed by atoms with Crippen LogP contribution in [0.25, 0.3) is 0 Å². The van der Waals surface area contributed by atoms with Gasteiger partial charge in [-0.1, -0.05) is 35.7 Å². The summed E-state index contributed by atoms with van der Waals surface area (Å²) in [6, 6.07) is 7.44. The van der Waals surface area contributed by atoms with Gasteiger partial charge in [-0.2, -0.15) is 11.8 Å². The third kappa shape index (κ3) is 4.17. The van der Waals surface area contributed by atoms with Crippen molar-refractivity contribution in [2.75, 3.05) is 12.3 Å². The molecule has 5 nitrogen and oxygen atoms in total. The van der Waals surface area contributed by atoms with Crippen LogP contribution in [-0.4, -0.2) is 46.5 Å². The molecule has 3 saturated heterocycles. The van der Waals surface area contributed by atoms with Crippen LogP contribution in [0.5, 0.6) is 0 Å². The Hall–Kier alpha value is -1.69. The summed E-state index contributed by atoms with van der Waals surface area (Å²) in [6.07, 6.45) is 5.86. The van der Waals surface area contributed by atoms with Crippen LogP contribution in [0, 0.1) is 13.8 Å². The van der Waals surface area contributed by atoms with E-state index in [0.29, 0.717) is 17.6 Å². The van der Waals surface area contributed by atoms with Crippen molar-refractivity contribution >= 4 is 23.7 Å². The summed E-state index contributed by atoms with van der Waals surface area (Å²) in [5.74, 6) is 1.30. The predicted octanol–water partition coefficient (Wildman–Crippen LogP) is 3.69. The number of unbranched alkanes of at least 4 members (excludes halogenated alkanes) is 1. The molecule has 3 aliphatic rings. The van der Waals surface area contributed by atoms with Gasteiger partial charge in [-0.15, -0.1) is 0 Å². The fourth-order valence-electron chi connectivity index (χ4n) is 5.02. The Morgan fingerprint density at radius 2 is 1.96 bits per heavy atom. The molecule has 3 heterocycles. The number of fused-ring (bicyclic) bond motifs is 1. The number of nitrogens with zero attached hydrogens (tertiary/aromatic N) is 1. The molecule has 0 aliphatic carbocycles. The van der Waals surface area contributed by atoms with Crippen molar-refractivity contribution in [2.45, 2.75) is 75.7 Å². The van der Waals surface area contributed by atoms with Crippen LogP contribution < -0.4 is 10.6 Å². The zero-order chi connectivity index (χ0) is 19.7. The van der Waals surface area contributed by atoms with E-state index in [4.69, 9.17) is 0 Å². The van der Waals surface area contributed by atoms with E-state index in [0.717, 1.165) is 44.4 Å². The number of carbonyl (C=O) groups excluding carboxylic acids is 2. The Kier molecular flexibility index (Phi) is 5.85. The first-order chi connectivity index (χ1) is 13.5. The Labute approximate surface area is 172 Å². The number of carbonyl (C=O) groups is 2. The molecule has 2 N–H and O–H groups in total. The van der Waals surface area contributed by atoms with Crippen LogP contribution >= 0.6 is 11.8 Å². The van der Waals surface area contributed by atoms with E-state index in [1.54, 1.807) is 0 Å². The number of likely N-dealkylation sites (tertiary alicyclic amines) is 1. The minimum absolute atomic E-state index is 0.0260. The van der Waals surface area contributed by atoms with E-state index in [1.165, 1.54) is 16.7 Å². The molecule has 4 rings (SSSR count). The molecule has 3 amide bonds. The standard InChI is InChI=1S/C22H31N3O2S/c1-14-10-15(2)12-16(11-14)18-6-5-9-25(18)20(26)8-4-3-7-19-21-17(13-28-19)23-22(27)24-21/h10-12,17-19,21H,3-9,13H2,1-2H3,(H2,23,24,27)/t17-,18?,19-,21-/m0/s1. The molecular formula is C22H31N3O2S. The van der Waals surface area contributed by atoms with E-state index in [9.17, 15) is 9.59 Å². The van der Waals surface area contributed by atoms with Crippen molar-refractivity contribution in [1.82, 2.24) is 15.5 Å². The van der Waals surface area contributed by atoms with E-state index in [-0.39, 0.29) is 24.2 Å². The average Bonchev–Trinajstić information content (AvgIpc) is 3.34. The highest BCUT2D eigenvalue weighted by Crippen LogP contribution is 2.35. The summed E-state index contributed by atoms with van der Waals surface area (Å²) < 4.78 is 0. The van der Waals surface area contributed by atoms with Gasteiger partial charge < -0.3 is 15.5 Å². The molecule has 0 spiro atoms. The highest BCUT2D eigenvalue weighted by atomic mass is 32.2. The van der Waals surface area contributed by atoms with Crippen molar-refractivity contribution in [1.29, 1.82) is 0 Å².